The summed E-state index contributed by atoms with van der Waals surface area (Å²) in [5.41, 5.74) is 8.99. The first-order chi connectivity index (χ1) is 8.24. The van der Waals surface area contributed by atoms with Gasteiger partial charge in [0.25, 0.3) is 0 Å². The van der Waals surface area contributed by atoms with Crippen molar-refractivity contribution in [3.8, 4) is 0 Å². The van der Waals surface area contributed by atoms with Crippen LogP contribution in [-0.4, -0.2) is 11.0 Å². The molecular weight excluding hydrogens is 210 g/mol. The second kappa shape index (κ2) is 3.91. The molecule has 0 spiro atoms. The van der Waals surface area contributed by atoms with Crippen molar-refractivity contribution >= 4 is 22.1 Å². The first kappa shape index (κ1) is 10.4. The Morgan fingerprint density at radius 1 is 1.29 bits per heavy atom. The number of nitrogen functional groups attached to an aromatic ring is 1. The normalized spacial score (nSPS) is 15.8. The molecular formula is C14H17N3. The Morgan fingerprint density at radius 2 is 2.12 bits per heavy atom. The number of anilines is 2. The van der Waals surface area contributed by atoms with E-state index < -0.39 is 0 Å². The number of hydrogen-bond donors (Lipinski definition) is 2. The van der Waals surface area contributed by atoms with Gasteiger partial charge in [-0.25, -0.2) is 0 Å². The van der Waals surface area contributed by atoms with E-state index in [-0.39, 0.29) is 0 Å². The molecule has 2 aromatic rings. The Kier molecular flexibility index (Phi) is 2.39. The van der Waals surface area contributed by atoms with Gasteiger partial charge in [-0.05, 0) is 44.4 Å². The molecule has 0 atom stereocenters. The lowest BCUT2D eigenvalue weighted by atomic mass is 9.92. The topological polar surface area (TPSA) is 50.9 Å². The van der Waals surface area contributed by atoms with Crippen molar-refractivity contribution in [2.45, 2.75) is 32.2 Å². The van der Waals surface area contributed by atoms with Crippen molar-refractivity contribution < 1.29 is 0 Å². The van der Waals surface area contributed by atoms with Gasteiger partial charge in [0, 0.05) is 40.1 Å². The minimum absolute atomic E-state index is 0.635. The number of pyridine rings is 1. The molecule has 1 saturated carbocycles. The predicted molar refractivity (Wildman–Crippen MR) is 72.2 cm³/mol. The highest BCUT2D eigenvalue weighted by Gasteiger charge is 2.18. The van der Waals surface area contributed by atoms with Crippen molar-refractivity contribution in [3.63, 3.8) is 0 Å². The number of fused-ring (bicyclic) bond motifs is 1. The molecule has 1 aliphatic carbocycles. The third-order valence-corrected chi connectivity index (χ3v) is 3.54. The molecule has 1 aromatic carbocycles. The maximum atomic E-state index is 5.98. The monoisotopic (exact) mass is 227 g/mol. The van der Waals surface area contributed by atoms with Crippen molar-refractivity contribution in [2.24, 2.45) is 0 Å². The Morgan fingerprint density at radius 3 is 2.82 bits per heavy atom. The van der Waals surface area contributed by atoms with Gasteiger partial charge in [0.1, 0.15) is 0 Å². The molecule has 1 aromatic heterocycles. The van der Waals surface area contributed by atoms with E-state index in [1.165, 1.54) is 30.3 Å². The highest BCUT2D eigenvalue weighted by atomic mass is 14.9. The van der Waals surface area contributed by atoms with E-state index in [0.29, 0.717) is 6.04 Å². The van der Waals surface area contributed by atoms with Crippen molar-refractivity contribution in [3.05, 3.63) is 30.1 Å². The minimum Gasteiger partial charge on any atom is -0.398 e. The van der Waals surface area contributed by atoms with Gasteiger partial charge < -0.3 is 11.1 Å². The summed E-state index contributed by atoms with van der Waals surface area (Å²) in [7, 11) is 0. The summed E-state index contributed by atoms with van der Waals surface area (Å²) in [6, 6.07) is 6.78. The Balaban J connectivity index is 2.09. The summed E-state index contributed by atoms with van der Waals surface area (Å²) >= 11 is 0. The standard InChI is InChI=1S/C14H17N3/c1-9-7-11-12(8-16-9)13(15)5-6-14(11)17-10-3-2-4-10/h5-8,10,17H,2-4,15H2,1H3. The van der Waals surface area contributed by atoms with Crippen LogP contribution < -0.4 is 11.1 Å². The van der Waals surface area contributed by atoms with Crippen LogP contribution in [0.1, 0.15) is 25.0 Å². The van der Waals surface area contributed by atoms with Crippen LogP contribution in [0, 0.1) is 6.92 Å². The minimum atomic E-state index is 0.635. The molecule has 1 aliphatic rings. The van der Waals surface area contributed by atoms with Crippen LogP contribution in [0.3, 0.4) is 0 Å². The van der Waals surface area contributed by atoms with Gasteiger partial charge in [-0.15, -0.1) is 0 Å². The summed E-state index contributed by atoms with van der Waals surface area (Å²) in [6.45, 7) is 2.01. The molecule has 0 unspecified atom stereocenters. The van der Waals surface area contributed by atoms with Crippen LogP contribution in [-0.2, 0) is 0 Å². The van der Waals surface area contributed by atoms with E-state index in [0.717, 1.165) is 16.8 Å². The number of nitrogens with one attached hydrogen (secondary N) is 1. The van der Waals surface area contributed by atoms with Gasteiger partial charge >= 0.3 is 0 Å². The fourth-order valence-electron chi connectivity index (χ4n) is 2.26. The summed E-state index contributed by atoms with van der Waals surface area (Å²) in [6.07, 6.45) is 5.75. The zero-order valence-corrected chi connectivity index (χ0v) is 10.0. The molecule has 17 heavy (non-hydrogen) atoms. The number of rotatable bonds is 2. The molecule has 0 bridgehead atoms. The molecule has 3 rings (SSSR count). The fourth-order valence-corrected chi connectivity index (χ4v) is 2.26. The second-order valence-electron chi connectivity index (χ2n) is 4.85. The van der Waals surface area contributed by atoms with E-state index in [2.05, 4.69) is 22.4 Å². The maximum absolute atomic E-state index is 5.98. The molecule has 0 radical (unpaired) electrons. The molecule has 1 heterocycles. The number of aromatic nitrogens is 1. The van der Waals surface area contributed by atoms with Gasteiger partial charge in [-0.1, -0.05) is 0 Å². The van der Waals surface area contributed by atoms with Crippen LogP contribution in [0.2, 0.25) is 0 Å². The van der Waals surface area contributed by atoms with Gasteiger partial charge in [0.05, 0.1) is 0 Å². The first-order valence-electron chi connectivity index (χ1n) is 6.15. The average Bonchev–Trinajstić information content (AvgIpc) is 2.26. The van der Waals surface area contributed by atoms with E-state index in [9.17, 15) is 0 Å². The second-order valence-corrected chi connectivity index (χ2v) is 4.85. The Labute approximate surface area is 101 Å². The zero-order chi connectivity index (χ0) is 11.8. The van der Waals surface area contributed by atoms with E-state index in [1.807, 2.05) is 19.2 Å². The number of hydrogen-bond acceptors (Lipinski definition) is 3. The maximum Gasteiger partial charge on any atom is 0.0424 e. The summed E-state index contributed by atoms with van der Waals surface area (Å²) < 4.78 is 0. The quantitative estimate of drug-likeness (QED) is 0.775. The lowest BCUT2D eigenvalue weighted by Crippen LogP contribution is -2.27. The number of benzene rings is 1. The number of aryl methyl sites for hydroxylation is 1. The van der Waals surface area contributed by atoms with Crippen molar-refractivity contribution in [1.82, 2.24) is 4.98 Å². The largest absolute Gasteiger partial charge is 0.398 e. The van der Waals surface area contributed by atoms with E-state index in [4.69, 9.17) is 5.73 Å². The van der Waals surface area contributed by atoms with Crippen molar-refractivity contribution in [1.29, 1.82) is 0 Å². The summed E-state index contributed by atoms with van der Waals surface area (Å²) in [5.74, 6) is 0. The Bertz CT molecular complexity index is 559. The molecule has 3 nitrogen and oxygen atoms in total. The van der Waals surface area contributed by atoms with Crippen LogP contribution in [0.25, 0.3) is 10.8 Å². The van der Waals surface area contributed by atoms with Crippen molar-refractivity contribution in [2.75, 3.05) is 11.1 Å². The first-order valence-corrected chi connectivity index (χ1v) is 6.15. The van der Waals surface area contributed by atoms with Crippen LogP contribution in [0.15, 0.2) is 24.4 Å². The lowest BCUT2D eigenvalue weighted by Gasteiger charge is -2.28. The van der Waals surface area contributed by atoms with Gasteiger partial charge in [-0.2, -0.15) is 0 Å². The SMILES string of the molecule is Cc1cc2c(NC3CCC3)ccc(N)c2cn1. The molecule has 3 N–H and O–H groups in total. The highest BCUT2D eigenvalue weighted by Crippen LogP contribution is 2.31. The molecule has 0 saturated heterocycles. The van der Waals surface area contributed by atoms with Crippen LogP contribution in [0.4, 0.5) is 11.4 Å². The predicted octanol–water partition coefficient (Wildman–Crippen LogP) is 3.09. The lowest BCUT2D eigenvalue weighted by molar-refractivity contribution is 0.446. The average molecular weight is 227 g/mol. The zero-order valence-electron chi connectivity index (χ0n) is 10.0. The number of nitrogens with two attached hydrogens (primary N) is 1. The molecule has 3 heteroatoms. The molecule has 1 fully saturated rings. The van der Waals surface area contributed by atoms with Crippen LogP contribution >= 0.6 is 0 Å². The van der Waals surface area contributed by atoms with E-state index in [1.54, 1.807) is 0 Å². The fraction of sp³-hybridized carbons (Fsp3) is 0.357. The third-order valence-electron chi connectivity index (χ3n) is 3.54. The van der Waals surface area contributed by atoms with Crippen LogP contribution in [0.5, 0.6) is 0 Å². The third kappa shape index (κ3) is 1.82. The van der Waals surface area contributed by atoms with Gasteiger partial charge in [0.2, 0.25) is 0 Å². The van der Waals surface area contributed by atoms with Gasteiger partial charge in [-0.3, -0.25) is 4.98 Å². The molecule has 0 amide bonds. The van der Waals surface area contributed by atoms with Gasteiger partial charge in [0.15, 0.2) is 0 Å². The summed E-state index contributed by atoms with van der Waals surface area (Å²) in [4.78, 5) is 4.31. The van der Waals surface area contributed by atoms with E-state index >= 15 is 0 Å². The Hall–Kier alpha value is -1.77. The number of nitrogens with zero attached hydrogens (tertiary/aromatic N) is 1. The smallest absolute Gasteiger partial charge is 0.0424 e. The molecule has 0 aliphatic heterocycles. The summed E-state index contributed by atoms with van der Waals surface area (Å²) in [5, 5.41) is 5.82. The highest BCUT2D eigenvalue weighted by molar-refractivity contribution is 6.00. The molecule has 88 valence electrons.